The molecular formula is C12H13BrClN3. The fraction of sp³-hybridized carbons (Fsp3) is 0.333. The maximum Gasteiger partial charge on any atom is 0.225 e. The van der Waals surface area contributed by atoms with Gasteiger partial charge in [0.15, 0.2) is 0 Å². The van der Waals surface area contributed by atoms with Gasteiger partial charge in [0, 0.05) is 10.9 Å². The van der Waals surface area contributed by atoms with E-state index in [1.165, 1.54) is 5.56 Å². The fourth-order valence-electron chi connectivity index (χ4n) is 1.84. The van der Waals surface area contributed by atoms with E-state index in [4.69, 9.17) is 11.6 Å². The van der Waals surface area contributed by atoms with E-state index in [2.05, 4.69) is 45.2 Å². The summed E-state index contributed by atoms with van der Waals surface area (Å²) < 4.78 is 3.02. The molecule has 0 amide bonds. The molecule has 1 aromatic carbocycles. The molecule has 17 heavy (non-hydrogen) atoms. The van der Waals surface area contributed by atoms with Gasteiger partial charge in [-0.25, -0.2) is 0 Å². The predicted molar refractivity (Wildman–Crippen MR) is 72.4 cm³/mol. The second kappa shape index (κ2) is 5.19. The van der Waals surface area contributed by atoms with Crippen LogP contribution in [0.4, 0.5) is 0 Å². The highest BCUT2D eigenvalue weighted by atomic mass is 79.9. The molecule has 0 fully saturated rings. The lowest BCUT2D eigenvalue weighted by Gasteiger charge is -2.16. The molecule has 0 N–H and O–H groups in total. The van der Waals surface area contributed by atoms with E-state index >= 15 is 0 Å². The number of benzene rings is 1. The first-order valence-electron chi connectivity index (χ1n) is 5.48. The summed E-state index contributed by atoms with van der Waals surface area (Å²) in [5, 5.41) is 8.43. The van der Waals surface area contributed by atoms with Crippen LogP contribution in [0.15, 0.2) is 28.7 Å². The third-order valence-electron chi connectivity index (χ3n) is 2.76. The Morgan fingerprint density at radius 2 is 2.18 bits per heavy atom. The molecule has 0 aliphatic heterocycles. The number of aromatic nitrogens is 3. The first-order valence-corrected chi connectivity index (χ1v) is 6.65. The zero-order valence-electron chi connectivity index (χ0n) is 9.69. The number of aryl methyl sites for hydroxylation is 1. The molecule has 1 unspecified atom stereocenters. The Morgan fingerprint density at radius 1 is 1.41 bits per heavy atom. The summed E-state index contributed by atoms with van der Waals surface area (Å²) in [6, 6.07) is 8.31. The van der Waals surface area contributed by atoms with Crippen molar-refractivity contribution < 1.29 is 0 Å². The van der Waals surface area contributed by atoms with Gasteiger partial charge in [-0.05, 0) is 36.2 Å². The Balaban J connectivity index is 2.43. The highest BCUT2D eigenvalue weighted by Crippen LogP contribution is 2.25. The molecule has 0 aliphatic rings. The molecule has 1 atom stereocenters. The van der Waals surface area contributed by atoms with E-state index in [-0.39, 0.29) is 6.04 Å². The van der Waals surface area contributed by atoms with E-state index in [0.717, 1.165) is 16.7 Å². The molecule has 0 bridgehead atoms. The Kier molecular flexibility index (Phi) is 3.84. The molecule has 0 saturated heterocycles. The summed E-state index contributed by atoms with van der Waals surface area (Å²) in [6.07, 6.45) is 0.818. The van der Waals surface area contributed by atoms with Crippen molar-refractivity contribution in [3.63, 3.8) is 0 Å². The molecule has 1 heterocycles. The van der Waals surface area contributed by atoms with Gasteiger partial charge in [0.1, 0.15) is 5.82 Å². The summed E-state index contributed by atoms with van der Waals surface area (Å²) >= 11 is 9.56. The first kappa shape index (κ1) is 12.6. The molecule has 0 aliphatic carbocycles. The van der Waals surface area contributed by atoms with Crippen LogP contribution in [0.2, 0.25) is 5.28 Å². The van der Waals surface area contributed by atoms with Crippen molar-refractivity contribution in [1.29, 1.82) is 0 Å². The molecule has 0 radical (unpaired) electrons. The second-order valence-electron chi connectivity index (χ2n) is 3.84. The maximum atomic E-state index is 6.09. The molecule has 0 spiro atoms. The van der Waals surface area contributed by atoms with Crippen molar-refractivity contribution in [2.75, 3.05) is 0 Å². The van der Waals surface area contributed by atoms with Crippen molar-refractivity contribution in [1.82, 2.24) is 14.8 Å². The van der Waals surface area contributed by atoms with Crippen LogP contribution in [-0.4, -0.2) is 14.8 Å². The van der Waals surface area contributed by atoms with Gasteiger partial charge < -0.3 is 0 Å². The topological polar surface area (TPSA) is 30.7 Å². The van der Waals surface area contributed by atoms with Crippen LogP contribution in [0.5, 0.6) is 0 Å². The Labute approximate surface area is 114 Å². The third kappa shape index (κ3) is 2.53. The van der Waals surface area contributed by atoms with E-state index in [1.807, 2.05) is 23.6 Å². The van der Waals surface area contributed by atoms with Crippen LogP contribution in [0.25, 0.3) is 0 Å². The van der Waals surface area contributed by atoms with Gasteiger partial charge in [-0.1, -0.05) is 35.0 Å². The van der Waals surface area contributed by atoms with Gasteiger partial charge in [0.25, 0.3) is 0 Å². The number of hydrogen-bond acceptors (Lipinski definition) is 2. The summed E-state index contributed by atoms with van der Waals surface area (Å²) in [5.74, 6) is 0.905. The fourth-order valence-corrected chi connectivity index (χ4v) is 2.54. The molecule has 5 heteroatoms. The lowest BCUT2D eigenvalue weighted by Crippen LogP contribution is -2.10. The lowest BCUT2D eigenvalue weighted by molar-refractivity contribution is 0.605. The molecule has 2 aromatic rings. The quantitative estimate of drug-likeness (QED) is 0.861. The number of halogens is 2. The smallest absolute Gasteiger partial charge is 0.225 e. The minimum Gasteiger partial charge on any atom is -0.294 e. The number of rotatable bonds is 3. The van der Waals surface area contributed by atoms with Crippen LogP contribution >= 0.6 is 27.5 Å². The third-order valence-corrected chi connectivity index (χ3v) is 3.51. The van der Waals surface area contributed by atoms with Crippen LogP contribution < -0.4 is 0 Å². The normalized spacial score (nSPS) is 12.7. The Bertz CT molecular complexity index is 524. The highest BCUT2D eigenvalue weighted by molar-refractivity contribution is 9.10. The lowest BCUT2D eigenvalue weighted by atomic mass is 10.1. The molecule has 0 saturated carbocycles. The van der Waals surface area contributed by atoms with Gasteiger partial charge in [-0.2, -0.15) is 0 Å². The minimum atomic E-state index is 0.130. The van der Waals surface area contributed by atoms with Crippen molar-refractivity contribution in [2.24, 2.45) is 0 Å². The van der Waals surface area contributed by atoms with Crippen LogP contribution in [0, 0.1) is 0 Å². The molecule has 1 aromatic heterocycles. The zero-order chi connectivity index (χ0) is 12.4. The summed E-state index contributed by atoms with van der Waals surface area (Å²) in [4.78, 5) is 0. The predicted octanol–water partition coefficient (Wildman–Crippen LogP) is 3.87. The van der Waals surface area contributed by atoms with E-state index in [9.17, 15) is 0 Å². The van der Waals surface area contributed by atoms with Crippen LogP contribution in [0.3, 0.4) is 0 Å². The van der Waals surface area contributed by atoms with Gasteiger partial charge >= 0.3 is 0 Å². The monoisotopic (exact) mass is 313 g/mol. The summed E-state index contributed by atoms with van der Waals surface area (Å²) in [6.45, 7) is 4.14. The average molecular weight is 315 g/mol. The van der Waals surface area contributed by atoms with Crippen molar-refractivity contribution in [2.45, 2.75) is 26.3 Å². The molecular weight excluding hydrogens is 302 g/mol. The number of nitrogens with zero attached hydrogens (tertiary/aromatic N) is 3. The Morgan fingerprint density at radius 3 is 2.82 bits per heavy atom. The molecule has 90 valence electrons. The van der Waals surface area contributed by atoms with Crippen molar-refractivity contribution in [3.8, 4) is 0 Å². The summed E-state index contributed by atoms with van der Waals surface area (Å²) in [7, 11) is 0. The standard InChI is InChI=1S/C12H13BrClN3/c1-3-11-15-16-12(14)17(11)8(2)9-5-4-6-10(13)7-9/h4-8H,3H2,1-2H3. The van der Waals surface area contributed by atoms with Crippen molar-refractivity contribution in [3.05, 3.63) is 45.4 Å². The van der Waals surface area contributed by atoms with Gasteiger partial charge in [0.05, 0.1) is 6.04 Å². The van der Waals surface area contributed by atoms with Crippen LogP contribution in [0.1, 0.15) is 31.3 Å². The first-order chi connectivity index (χ1) is 8.13. The largest absolute Gasteiger partial charge is 0.294 e. The highest BCUT2D eigenvalue weighted by Gasteiger charge is 2.16. The SMILES string of the molecule is CCc1nnc(Cl)n1C(C)c1cccc(Br)c1. The molecule has 2 rings (SSSR count). The van der Waals surface area contributed by atoms with Crippen LogP contribution in [-0.2, 0) is 6.42 Å². The van der Waals surface area contributed by atoms with E-state index in [1.54, 1.807) is 0 Å². The van der Waals surface area contributed by atoms with E-state index < -0.39 is 0 Å². The number of hydrogen-bond donors (Lipinski definition) is 0. The Hall–Kier alpha value is -0.870. The maximum absolute atomic E-state index is 6.09. The van der Waals surface area contributed by atoms with Gasteiger partial charge in [-0.3, -0.25) is 4.57 Å². The van der Waals surface area contributed by atoms with Gasteiger partial charge in [-0.15, -0.1) is 10.2 Å². The minimum absolute atomic E-state index is 0.130. The van der Waals surface area contributed by atoms with Gasteiger partial charge in [0.2, 0.25) is 5.28 Å². The zero-order valence-corrected chi connectivity index (χ0v) is 12.0. The molecule has 3 nitrogen and oxygen atoms in total. The van der Waals surface area contributed by atoms with E-state index in [0.29, 0.717) is 5.28 Å². The van der Waals surface area contributed by atoms with Crippen molar-refractivity contribution >= 4 is 27.5 Å². The second-order valence-corrected chi connectivity index (χ2v) is 5.09. The summed E-state index contributed by atoms with van der Waals surface area (Å²) in [5.41, 5.74) is 1.18. The average Bonchev–Trinajstić information content (AvgIpc) is 2.69.